The minimum absolute atomic E-state index is 0.137. The number of hydrogen-bond acceptors (Lipinski definition) is 3. The topological polar surface area (TPSA) is 69.6 Å². The van der Waals surface area contributed by atoms with Crippen LogP contribution in [0.4, 0.5) is 13.2 Å². The minimum Gasteiger partial charge on any atom is -0.384 e. The van der Waals surface area contributed by atoms with Crippen LogP contribution >= 0.6 is 0 Å². The summed E-state index contributed by atoms with van der Waals surface area (Å²) in [6, 6.07) is 4.85. The van der Waals surface area contributed by atoms with Gasteiger partial charge in [-0.2, -0.15) is 8.78 Å². The van der Waals surface area contributed by atoms with E-state index in [1.807, 2.05) is 5.32 Å². The average Bonchev–Trinajstić information content (AvgIpc) is 2.42. The van der Waals surface area contributed by atoms with Gasteiger partial charge in [-0.3, -0.25) is 4.79 Å². The highest BCUT2D eigenvalue weighted by atomic mass is 19.3. The molecular formula is C15H18F3NO3. The Morgan fingerprint density at radius 3 is 2.32 bits per heavy atom. The van der Waals surface area contributed by atoms with Crippen molar-refractivity contribution in [1.82, 2.24) is 5.32 Å². The molecule has 1 amide bonds. The SMILES string of the molecule is CC(O)(CNC(=O)C(F)(F)C1(O)CCC1)c1ccc(F)cc1. The van der Waals surface area contributed by atoms with Gasteiger partial charge in [-0.25, -0.2) is 4.39 Å². The van der Waals surface area contributed by atoms with Crippen LogP contribution in [0, 0.1) is 5.82 Å². The Morgan fingerprint density at radius 2 is 1.86 bits per heavy atom. The Labute approximate surface area is 126 Å². The first kappa shape index (κ1) is 16.8. The number of nitrogens with one attached hydrogen (secondary N) is 1. The molecule has 4 nitrogen and oxygen atoms in total. The third-order valence-corrected chi connectivity index (χ3v) is 4.11. The summed E-state index contributed by atoms with van der Waals surface area (Å²) < 4.78 is 40.6. The van der Waals surface area contributed by atoms with Gasteiger partial charge < -0.3 is 15.5 Å². The second-order valence-electron chi connectivity index (χ2n) is 5.92. The smallest absolute Gasteiger partial charge is 0.352 e. The first-order valence-electron chi connectivity index (χ1n) is 6.95. The lowest BCUT2D eigenvalue weighted by atomic mass is 9.75. The monoisotopic (exact) mass is 317 g/mol. The molecule has 1 aromatic rings. The summed E-state index contributed by atoms with van der Waals surface area (Å²) in [5.74, 6) is -6.04. The van der Waals surface area contributed by atoms with E-state index < -0.39 is 35.4 Å². The number of halogens is 3. The Morgan fingerprint density at radius 1 is 1.32 bits per heavy atom. The van der Waals surface area contributed by atoms with E-state index in [0.717, 1.165) is 12.1 Å². The zero-order chi connectivity index (χ0) is 16.6. The summed E-state index contributed by atoms with van der Waals surface area (Å²) in [7, 11) is 0. The highest BCUT2D eigenvalue weighted by Gasteiger charge is 2.61. The number of carbonyl (C=O) groups is 1. The molecule has 2 rings (SSSR count). The summed E-state index contributed by atoms with van der Waals surface area (Å²) in [4.78, 5) is 11.6. The molecule has 1 unspecified atom stereocenters. The van der Waals surface area contributed by atoms with Crippen LogP contribution in [-0.4, -0.2) is 34.2 Å². The summed E-state index contributed by atoms with van der Waals surface area (Å²) in [6.07, 6.45) is 0.163. The van der Waals surface area contributed by atoms with Gasteiger partial charge in [0.25, 0.3) is 5.91 Å². The van der Waals surface area contributed by atoms with Gasteiger partial charge in [0, 0.05) is 0 Å². The van der Waals surface area contributed by atoms with Crippen molar-refractivity contribution in [2.75, 3.05) is 6.54 Å². The number of carbonyl (C=O) groups excluding carboxylic acids is 1. The fourth-order valence-corrected chi connectivity index (χ4v) is 2.31. The molecule has 122 valence electrons. The molecule has 1 aliphatic rings. The van der Waals surface area contributed by atoms with E-state index in [4.69, 9.17) is 0 Å². The summed E-state index contributed by atoms with van der Waals surface area (Å²) in [6.45, 7) is 0.833. The first-order chi connectivity index (χ1) is 10.1. The quantitative estimate of drug-likeness (QED) is 0.774. The highest BCUT2D eigenvalue weighted by Crippen LogP contribution is 2.44. The molecule has 0 radical (unpaired) electrons. The molecule has 0 bridgehead atoms. The molecule has 7 heteroatoms. The first-order valence-corrected chi connectivity index (χ1v) is 6.95. The Balaban J connectivity index is 2.02. The van der Waals surface area contributed by atoms with Crippen molar-refractivity contribution in [1.29, 1.82) is 0 Å². The van der Waals surface area contributed by atoms with Gasteiger partial charge in [0.05, 0.1) is 6.54 Å². The molecule has 0 saturated heterocycles. The predicted molar refractivity (Wildman–Crippen MR) is 72.7 cm³/mol. The predicted octanol–water partition coefficient (Wildman–Crippen LogP) is 1.70. The maximum Gasteiger partial charge on any atom is 0.352 e. The molecule has 22 heavy (non-hydrogen) atoms. The van der Waals surface area contributed by atoms with Gasteiger partial charge >= 0.3 is 5.92 Å². The van der Waals surface area contributed by atoms with Crippen LogP contribution in [0.1, 0.15) is 31.7 Å². The standard InChI is InChI=1S/C15H18F3NO3/c1-13(21,10-3-5-11(16)6-4-10)9-19-12(20)15(17,18)14(22)7-2-8-14/h3-6,21-22H,2,7-9H2,1H3,(H,19,20). The van der Waals surface area contributed by atoms with Crippen molar-refractivity contribution in [3.8, 4) is 0 Å². The maximum atomic E-state index is 13.9. The van der Waals surface area contributed by atoms with Crippen molar-refractivity contribution in [3.63, 3.8) is 0 Å². The van der Waals surface area contributed by atoms with E-state index in [1.165, 1.54) is 19.1 Å². The van der Waals surface area contributed by atoms with Gasteiger partial charge in [0.15, 0.2) is 0 Å². The number of hydrogen-bond donors (Lipinski definition) is 3. The van der Waals surface area contributed by atoms with E-state index in [1.54, 1.807) is 0 Å². The summed E-state index contributed by atoms with van der Waals surface area (Å²) in [5, 5.41) is 21.8. The largest absolute Gasteiger partial charge is 0.384 e. The molecule has 1 aromatic carbocycles. The van der Waals surface area contributed by atoms with E-state index in [2.05, 4.69) is 0 Å². The molecule has 1 aliphatic carbocycles. The number of aliphatic hydroxyl groups is 2. The fourth-order valence-electron chi connectivity index (χ4n) is 2.31. The lowest BCUT2D eigenvalue weighted by molar-refractivity contribution is -0.216. The van der Waals surface area contributed by atoms with Gasteiger partial charge in [-0.1, -0.05) is 12.1 Å². The summed E-state index contributed by atoms with van der Waals surface area (Å²) in [5.41, 5.74) is -3.67. The highest BCUT2D eigenvalue weighted by molar-refractivity contribution is 5.85. The van der Waals surface area contributed by atoms with Crippen LogP contribution in [0.15, 0.2) is 24.3 Å². The molecule has 0 aromatic heterocycles. The molecule has 1 saturated carbocycles. The van der Waals surface area contributed by atoms with Crippen molar-refractivity contribution < 1.29 is 28.2 Å². The van der Waals surface area contributed by atoms with Crippen LogP contribution < -0.4 is 5.32 Å². The fraction of sp³-hybridized carbons (Fsp3) is 0.533. The van der Waals surface area contributed by atoms with E-state index in [-0.39, 0.29) is 18.4 Å². The number of benzene rings is 1. The van der Waals surface area contributed by atoms with Crippen LogP contribution in [0.25, 0.3) is 0 Å². The normalized spacial score (nSPS) is 19.9. The van der Waals surface area contributed by atoms with Crippen molar-refractivity contribution in [2.24, 2.45) is 0 Å². The van der Waals surface area contributed by atoms with E-state index >= 15 is 0 Å². The van der Waals surface area contributed by atoms with Gasteiger partial charge in [0.1, 0.15) is 17.0 Å². The Bertz CT molecular complexity index is 554. The molecule has 1 fully saturated rings. The lowest BCUT2D eigenvalue weighted by Crippen LogP contribution is -2.61. The molecule has 0 heterocycles. The molecule has 0 spiro atoms. The van der Waals surface area contributed by atoms with Crippen LogP contribution in [0.2, 0.25) is 0 Å². The molecule has 1 atom stereocenters. The van der Waals surface area contributed by atoms with Crippen LogP contribution in [0.3, 0.4) is 0 Å². The van der Waals surface area contributed by atoms with Crippen molar-refractivity contribution >= 4 is 5.91 Å². The summed E-state index contributed by atoms with van der Waals surface area (Å²) >= 11 is 0. The van der Waals surface area contributed by atoms with E-state index in [9.17, 15) is 28.2 Å². The number of amides is 1. The number of rotatable bonds is 5. The second kappa shape index (κ2) is 5.55. The van der Waals surface area contributed by atoms with Crippen LogP contribution in [-0.2, 0) is 10.4 Å². The lowest BCUT2D eigenvalue weighted by Gasteiger charge is -2.41. The van der Waals surface area contributed by atoms with E-state index in [0.29, 0.717) is 6.42 Å². The average molecular weight is 317 g/mol. The third-order valence-electron chi connectivity index (χ3n) is 4.11. The Hall–Kier alpha value is -1.60. The van der Waals surface area contributed by atoms with Gasteiger partial charge in [0.2, 0.25) is 0 Å². The molecule has 3 N–H and O–H groups in total. The zero-order valence-electron chi connectivity index (χ0n) is 12.1. The van der Waals surface area contributed by atoms with Crippen molar-refractivity contribution in [3.05, 3.63) is 35.6 Å². The third kappa shape index (κ3) is 2.96. The molecular weight excluding hydrogens is 299 g/mol. The van der Waals surface area contributed by atoms with Crippen LogP contribution in [0.5, 0.6) is 0 Å². The maximum absolute atomic E-state index is 13.9. The van der Waals surface area contributed by atoms with Crippen molar-refractivity contribution in [2.45, 2.75) is 43.3 Å². The minimum atomic E-state index is -3.91. The number of alkyl halides is 2. The van der Waals surface area contributed by atoms with Gasteiger partial charge in [-0.15, -0.1) is 0 Å². The Kier molecular flexibility index (Phi) is 4.23. The van der Waals surface area contributed by atoms with Gasteiger partial charge in [-0.05, 0) is 43.9 Å². The zero-order valence-corrected chi connectivity index (χ0v) is 12.1. The second-order valence-corrected chi connectivity index (χ2v) is 5.92. The molecule has 0 aliphatic heterocycles.